The van der Waals surface area contributed by atoms with E-state index in [1.165, 1.54) is 0 Å². The second kappa shape index (κ2) is 13.4. The zero-order valence-electron chi connectivity index (χ0n) is 21.4. The average Bonchev–Trinajstić information content (AvgIpc) is 2.76. The molecule has 0 saturated carbocycles. The zero-order chi connectivity index (χ0) is 26.0. The van der Waals surface area contributed by atoms with Crippen molar-refractivity contribution < 1.29 is 33.7 Å². The number of alkyl carbamates (subject to hydrolysis) is 1. The maximum absolute atomic E-state index is 13.5. The molecule has 1 unspecified atom stereocenters. The van der Waals surface area contributed by atoms with Crippen LogP contribution in [0.3, 0.4) is 0 Å². The van der Waals surface area contributed by atoms with Gasteiger partial charge < -0.3 is 30.0 Å². The highest BCUT2D eigenvalue weighted by Crippen LogP contribution is 2.20. The van der Waals surface area contributed by atoms with Crippen LogP contribution in [0.2, 0.25) is 0 Å². The number of amides is 2. The number of rotatable bonds is 11. The van der Waals surface area contributed by atoms with Gasteiger partial charge in [-0.3, -0.25) is 4.79 Å². The van der Waals surface area contributed by atoms with Crippen LogP contribution in [0.25, 0.3) is 0 Å². The molecule has 9 nitrogen and oxygen atoms in total. The number of nitrogens with one attached hydrogen (secondary N) is 2. The fourth-order valence-corrected chi connectivity index (χ4v) is 3.83. The second-order valence-electron chi connectivity index (χ2n) is 10.3. The van der Waals surface area contributed by atoms with Crippen molar-refractivity contribution in [3.05, 3.63) is 35.9 Å². The predicted molar refractivity (Wildman–Crippen MR) is 131 cm³/mol. The number of carbonyl (C=O) groups excluding carboxylic acids is 2. The van der Waals surface area contributed by atoms with Gasteiger partial charge in [-0.05, 0) is 64.4 Å². The van der Waals surface area contributed by atoms with Gasteiger partial charge in [-0.25, -0.2) is 9.59 Å². The minimum Gasteiger partial charge on any atom is -0.480 e. The topological polar surface area (TPSA) is 123 Å². The van der Waals surface area contributed by atoms with Crippen LogP contribution in [0.4, 0.5) is 4.79 Å². The molecule has 1 aliphatic rings. The first-order chi connectivity index (χ1) is 16.4. The monoisotopic (exact) mass is 492 g/mol. The molecule has 4 atom stereocenters. The van der Waals surface area contributed by atoms with E-state index in [1.54, 1.807) is 20.8 Å². The van der Waals surface area contributed by atoms with Crippen molar-refractivity contribution >= 4 is 18.0 Å². The molecular weight excluding hydrogens is 452 g/mol. The maximum atomic E-state index is 13.5. The molecular formula is C26H40N2O7. The van der Waals surface area contributed by atoms with Crippen molar-refractivity contribution in [1.82, 2.24) is 10.6 Å². The van der Waals surface area contributed by atoms with Gasteiger partial charge in [-0.15, -0.1) is 0 Å². The van der Waals surface area contributed by atoms with Gasteiger partial charge in [0, 0.05) is 6.61 Å². The van der Waals surface area contributed by atoms with Gasteiger partial charge in [0.05, 0.1) is 6.04 Å². The third-order valence-electron chi connectivity index (χ3n) is 5.38. The zero-order valence-corrected chi connectivity index (χ0v) is 21.4. The summed E-state index contributed by atoms with van der Waals surface area (Å²) >= 11 is 0. The number of benzene rings is 1. The minimum absolute atomic E-state index is 0.0532. The summed E-state index contributed by atoms with van der Waals surface area (Å²) in [6, 6.07) is 7.46. The molecule has 0 radical (unpaired) electrons. The fraction of sp³-hybridized carbons (Fsp3) is 0.654. The van der Waals surface area contributed by atoms with Gasteiger partial charge in [0.2, 0.25) is 0 Å². The lowest BCUT2D eigenvalue weighted by Gasteiger charge is -2.33. The van der Waals surface area contributed by atoms with Crippen LogP contribution in [0.5, 0.6) is 0 Å². The van der Waals surface area contributed by atoms with Crippen molar-refractivity contribution in [1.29, 1.82) is 0 Å². The third-order valence-corrected chi connectivity index (χ3v) is 5.38. The molecule has 1 saturated heterocycles. The Balaban J connectivity index is 2.34. The van der Waals surface area contributed by atoms with Crippen LogP contribution in [0.15, 0.2) is 30.3 Å². The van der Waals surface area contributed by atoms with Gasteiger partial charge in [0.25, 0.3) is 5.91 Å². The molecule has 1 heterocycles. The molecule has 1 aromatic rings. The molecule has 35 heavy (non-hydrogen) atoms. The van der Waals surface area contributed by atoms with Crippen molar-refractivity contribution in [2.45, 2.75) is 96.8 Å². The van der Waals surface area contributed by atoms with Gasteiger partial charge >= 0.3 is 12.1 Å². The first-order valence-corrected chi connectivity index (χ1v) is 12.3. The lowest BCUT2D eigenvalue weighted by atomic mass is 9.99. The van der Waals surface area contributed by atoms with E-state index in [0.29, 0.717) is 13.0 Å². The van der Waals surface area contributed by atoms with E-state index in [0.717, 1.165) is 18.4 Å². The number of carboxylic acids is 1. The SMILES string of the molecule is CC(C)C[C@H](NC(=O)[C@@H](OC1CCCCO1)[C@@H](Cc1ccccc1)NC(=O)OC(C)(C)C)C(=O)O. The lowest BCUT2D eigenvalue weighted by molar-refractivity contribution is -0.197. The Kier molecular flexibility index (Phi) is 11.0. The molecule has 0 bridgehead atoms. The normalized spacial score (nSPS) is 18.9. The highest BCUT2D eigenvalue weighted by Gasteiger charge is 2.37. The number of ether oxygens (including phenoxy) is 3. The molecule has 0 aliphatic carbocycles. The van der Waals surface area contributed by atoms with E-state index in [1.807, 2.05) is 44.2 Å². The van der Waals surface area contributed by atoms with E-state index in [2.05, 4.69) is 10.6 Å². The Bertz CT molecular complexity index is 817. The fourth-order valence-electron chi connectivity index (χ4n) is 3.83. The Labute approximate surface area is 207 Å². The summed E-state index contributed by atoms with van der Waals surface area (Å²) in [5.41, 5.74) is 0.134. The molecule has 0 spiro atoms. The minimum atomic E-state index is -1.19. The van der Waals surface area contributed by atoms with Gasteiger partial charge in [-0.2, -0.15) is 0 Å². The van der Waals surface area contributed by atoms with Crippen molar-refractivity contribution in [2.75, 3.05) is 6.61 Å². The maximum Gasteiger partial charge on any atom is 0.407 e. The number of carboxylic acid groups (broad SMARTS) is 1. The first-order valence-electron chi connectivity index (χ1n) is 12.3. The highest BCUT2D eigenvalue weighted by atomic mass is 16.7. The molecule has 3 N–H and O–H groups in total. The number of aliphatic carboxylic acids is 1. The molecule has 1 fully saturated rings. The Morgan fingerprint density at radius 1 is 1.11 bits per heavy atom. The molecule has 9 heteroatoms. The summed E-state index contributed by atoms with van der Waals surface area (Å²) in [4.78, 5) is 38.0. The number of hydrogen-bond donors (Lipinski definition) is 3. The standard InChI is InChI=1S/C26H40N2O7/c1-17(2)15-20(24(30)31)27-23(29)22(34-21-13-9-10-14-33-21)19(16-18-11-7-6-8-12-18)28-25(32)35-26(3,4)5/h6-8,11-12,17,19-22H,9-10,13-16H2,1-5H3,(H,27,29)(H,28,32)(H,30,31)/t19-,20+,21?,22+/m1/s1. The predicted octanol–water partition coefficient (Wildman–Crippen LogP) is 3.65. The summed E-state index contributed by atoms with van der Waals surface area (Å²) in [7, 11) is 0. The van der Waals surface area contributed by atoms with Gasteiger partial charge in [0.1, 0.15) is 11.6 Å². The smallest absolute Gasteiger partial charge is 0.407 e. The third kappa shape index (κ3) is 10.7. The number of hydrogen-bond acceptors (Lipinski definition) is 6. The van der Waals surface area contributed by atoms with Crippen molar-refractivity contribution in [2.24, 2.45) is 5.92 Å². The Morgan fingerprint density at radius 2 is 1.80 bits per heavy atom. The molecule has 196 valence electrons. The van der Waals surface area contributed by atoms with Crippen LogP contribution in [0.1, 0.15) is 65.9 Å². The van der Waals surface area contributed by atoms with Crippen LogP contribution < -0.4 is 10.6 Å². The Morgan fingerprint density at radius 3 is 2.34 bits per heavy atom. The summed E-state index contributed by atoms with van der Waals surface area (Å²) in [5, 5.41) is 15.1. The van der Waals surface area contributed by atoms with Gasteiger partial charge in [-0.1, -0.05) is 44.2 Å². The summed E-state index contributed by atoms with van der Waals surface area (Å²) in [6.45, 7) is 9.52. The lowest BCUT2D eigenvalue weighted by Crippen LogP contribution is -2.57. The van der Waals surface area contributed by atoms with Crippen molar-refractivity contribution in [3.8, 4) is 0 Å². The van der Waals surface area contributed by atoms with Crippen LogP contribution >= 0.6 is 0 Å². The van der Waals surface area contributed by atoms with E-state index in [9.17, 15) is 19.5 Å². The van der Waals surface area contributed by atoms with Crippen LogP contribution in [-0.4, -0.2) is 59.8 Å². The number of carbonyl (C=O) groups is 3. The van der Waals surface area contributed by atoms with Crippen LogP contribution in [-0.2, 0) is 30.2 Å². The average molecular weight is 493 g/mol. The van der Waals surface area contributed by atoms with Crippen molar-refractivity contribution in [3.63, 3.8) is 0 Å². The summed E-state index contributed by atoms with van der Waals surface area (Å²) in [5.74, 6) is -1.69. The molecule has 1 aromatic carbocycles. The first kappa shape index (κ1) is 28.6. The van der Waals surface area contributed by atoms with E-state index in [-0.39, 0.29) is 18.8 Å². The van der Waals surface area contributed by atoms with E-state index in [4.69, 9.17) is 14.2 Å². The quantitative estimate of drug-likeness (QED) is 0.431. The summed E-state index contributed by atoms with van der Waals surface area (Å²) in [6.07, 6.45) is 0.391. The molecule has 0 aromatic heterocycles. The van der Waals surface area contributed by atoms with Crippen LogP contribution in [0, 0.1) is 5.92 Å². The molecule has 1 aliphatic heterocycles. The largest absolute Gasteiger partial charge is 0.480 e. The Hall–Kier alpha value is -2.65. The summed E-state index contributed by atoms with van der Waals surface area (Å²) < 4.78 is 17.2. The second-order valence-corrected chi connectivity index (χ2v) is 10.3. The van der Waals surface area contributed by atoms with E-state index < -0.39 is 48.0 Å². The highest BCUT2D eigenvalue weighted by molar-refractivity contribution is 5.87. The molecule has 2 rings (SSSR count). The van der Waals surface area contributed by atoms with Gasteiger partial charge in [0.15, 0.2) is 12.4 Å². The van der Waals surface area contributed by atoms with E-state index >= 15 is 0 Å². The molecule has 2 amide bonds.